The first-order valence-corrected chi connectivity index (χ1v) is 11.8. The van der Waals surface area contributed by atoms with Gasteiger partial charge in [0.2, 0.25) is 0 Å². The van der Waals surface area contributed by atoms with E-state index in [0.29, 0.717) is 12.6 Å². The van der Waals surface area contributed by atoms with E-state index in [1.807, 2.05) is 6.07 Å². The molecule has 5 heteroatoms. The summed E-state index contributed by atoms with van der Waals surface area (Å²) in [6, 6.07) is 23.7. The van der Waals surface area contributed by atoms with Gasteiger partial charge in [0.25, 0.3) is 0 Å². The summed E-state index contributed by atoms with van der Waals surface area (Å²) in [6.07, 6.45) is 3.08. The minimum atomic E-state index is -0.351. The summed E-state index contributed by atoms with van der Waals surface area (Å²) in [7, 11) is 0. The highest BCUT2D eigenvalue weighted by Crippen LogP contribution is 2.27. The Bertz CT molecular complexity index is 918. The van der Waals surface area contributed by atoms with E-state index in [2.05, 4.69) is 34.5 Å². The van der Waals surface area contributed by atoms with Crippen molar-refractivity contribution in [1.82, 2.24) is 10.2 Å². The highest BCUT2D eigenvalue weighted by Gasteiger charge is 2.24. The number of halogens is 2. The average Bonchev–Trinajstić information content (AvgIpc) is 3.29. The van der Waals surface area contributed by atoms with Crippen molar-refractivity contribution in [3.63, 3.8) is 0 Å². The number of likely N-dealkylation sites (tertiary alicyclic amines) is 1. The van der Waals surface area contributed by atoms with E-state index in [1.165, 1.54) is 42.7 Å². The molecule has 33 heavy (non-hydrogen) atoms. The Hall–Kier alpha value is -2.60. The van der Waals surface area contributed by atoms with Gasteiger partial charge in [0.1, 0.15) is 17.7 Å². The van der Waals surface area contributed by atoms with Gasteiger partial charge in [0, 0.05) is 19.1 Å². The third-order valence-electron chi connectivity index (χ3n) is 6.32. The Balaban J connectivity index is 1.28. The van der Waals surface area contributed by atoms with Gasteiger partial charge in [-0.25, -0.2) is 8.78 Å². The highest BCUT2D eigenvalue weighted by molar-refractivity contribution is 5.30. The van der Waals surface area contributed by atoms with Crippen LogP contribution in [0.4, 0.5) is 8.78 Å². The van der Waals surface area contributed by atoms with Crippen LogP contribution < -0.4 is 5.32 Å². The standard InChI is InChI=1S/C28H32F2N2O/c29-25-12-8-23(9-13-25)28(24-10-14-26(30)15-11-24)33-20-19-32-18-4-7-27(32)21-31-17-16-22-5-2-1-3-6-22/h1-3,5-6,8-15,27-28,31H,4,7,16-21H2/t27-/m0/s1. The fourth-order valence-electron chi connectivity index (χ4n) is 4.51. The minimum absolute atomic E-state index is 0.281. The predicted octanol–water partition coefficient (Wildman–Crippen LogP) is 5.37. The molecular weight excluding hydrogens is 418 g/mol. The van der Waals surface area contributed by atoms with Crippen LogP contribution in [0, 0.1) is 11.6 Å². The Morgan fingerprint density at radius 3 is 2.15 bits per heavy atom. The normalized spacial score (nSPS) is 16.5. The van der Waals surface area contributed by atoms with Gasteiger partial charge in [0.15, 0.2) is 0 Å². The molecule has 1 heterocycles. The number of ether oxygens (including phenoxy) is 1. The monoisotopic (exact) mass is 450 g/mol. The highest BCUT2D eigenvalue weighted by atomic mass is 19.1. The second kappa shape index (κ2) is 12.0. The molecule has 1 fully saturated rings. The minimum Gasteiger partial charge on any atom is -0.367 e. The maximum Gasteiger partial charge on any atom is 0.123 e. The van der Waals surface area contributed by atoms with E-state index in [1.54, 1.807) is 24.3 Å². The third kappa shape index (κ3) is 6.94. The van der Waals surface area contributed by atoms with Crippen LogP contribution in [0.1, 0.15) is 35.6 Å². The molecule has 1 aliphatic heterocycles. The first-order valence-electron chi connectivity index (χ1n) is 11.8. The lowest BCUT2D eigenvalue weighted by Gasteiger charge is -2.26. The summed E-state index contributed by atoms with van der Waals surface area (Å²) in [5, 5.41) is 3.61. The van der Waals surface area contributed by atoms with Crippen molar-refractivity contribution in [3.8, 4) is 0 Å². The van der Waals surface area contributed by atoms with Crippen molar-refractivity contribution in [2.24, 2.45) is 0 Å². The van der Waals surface area contributed by atoms with E-state index in [-0.39, 0.29) is 17.7 Å². The van der Waals surface area contributed by atoms with Crippen molar-refractivity contribution >= 4 is 0 Å². The summed E-state index contributed by atoms with van der Waals surface area (Å²) < 4.78 is 33.1. The van der Waals surface area contributed by atoms with E-state index in [9.17, 15) is 8.78 Å². The molecule has 4 rings (SSSR count). The molecule has 0 aliphatic carbocycles. The first kappa shape index (κ1) is 23.6. The molecule has 0 amide bonds. The number of nitrogens with one attached hydrogen (secondary N) is 1. The lowest BCUT2D eigenvalue weighted by molar-refractivity contribution is 0.0570. The van der Waals surface area contributed by atoms with Crippen LogP contribution in [0.15, 0.2) is 78.9 Å². The second-order valence-corrected chi connectivity index (χ2v) is 8.63. The molecule has 0 saturated carbocycles. The maximum absolute atomic E-state index is 13.4. The summed E-state index contributed by atoms with van der Waals surface area (Å²) in [6.45, 7) is 4.42. The molecule has 0 aromatic heterocycles. The van der Waals surface area contributed by atoms with Gasteiger partial charge in [-0.05, 0) is 73.3 Å². The summed E-state index contributed by atoms with van der Waals surface area (Å²) >= 11 is 0. The number of nitrogens with zero attached hydrogens (tertiary/aromatic N) is 1. The van der Waals surface area contributed by atoms with Crippen molar-refractivity contribution in [3.05, 3.63) is 107 Å². The largest absolute Gasteiger partial charge is 0.367 e. The second-order valence-electron chi connectivity index (χ2n) is 8.63. The van der Waals surface area contributed by atoms with Gasteiger partial charge in [0.05, 0.1) is 6.61 Å². The summed E-state index contributed by atoms with van der Waals surface area (Å²) in [4.78, 5) is 2.49. The van der Waals surface area contributed by atoms with E-state index >= 15 is 0 Å². The van der Waals surface area contributed by atoms with E-state index in [0.717, 1.165) is 43.7 Å². The molecule has 3 nitrogen and oxygen atoms in total. The van der Waals surface area contributed by atoms with Gasteiger partial charge < -0.3 is 10.1 Å². The molecule has 0 radical (unpaired) electrons. The van der Waals surface area contributed by atoms with Crippen LogP contribution in [-0.2, 0) is 11.2 Å². The maximum atomic E-state index is 13.4. The van der Waals surface area contributed by atoms with E-state index in [4.69, 9.17) is 4.74 Å². The van der Waals surface area contributed by atoms with Crippen molar-refractivity contribution in [2.75, 3.05) is 32.8 Å². The predicted molar refractivity (Wildman–Crippen MR) is 128 cm³/mol. The zero-order valence-electron chi connectivity index (χ0n) is 18.9. The quantitative estimate of drug-likeness (QED) is 0.398. The average molecular weight is 451 g/mol. The topological polar surface area (TPSA) is 24.5 Å². The summed E-state index contributed by atoms with van der Waals surface area (Å²) in [5.74, 6) is -0.562. The van der Waals surface area contributed by atoms with Gasteiger partial charge >= 0.3 is 0 Å². The van der Waals surface area contributed by atoms with Crippen LogP contribution in [0.25, 0.3) is 0 Å². The van der Waals surface area contributed by atoms with Crippen LogP contribution in [0.3, 0.4) is 0 Å². The van der Waals surface area contributed by atoms with Gasteiger partial charge in [-0.1, -0.05) is 54.6 Å². The molecule has 0 unspecified atom stereocenters. The number of benzene rings is 3. The molecule has 0 bridgehead atoms. The van der Waals surface area contributed by atoms with Crippen LogP contribution in [-0.4, -0.2) is 43.7 Å². The number of hydrogen-bond donors (Lipinski definition) is 1. The summed E-state index contributed by atoms with van der Waals surface area (Å²) in [5.41, 5.74) is 3.08. The first-order chi connectivity index (χ1) is 16.2. The SMILES string of the molecule is Fc1ccc(C(OCCN2CCC[C@H]2CNCCc2ccccc2)c2ccc(F)cc2)cc1. The van der Waals surface area contributed by atoms with Crippen LogP contribution in [0.2, 0.25) is 0 Å². The number of rotatable bonds is 11. The fourth-order valence-corrected chi connectivity index (χ4v) is 4.51. The fraction of sp³-hybridized carbons (Fsp3) is 0.357. The van der Waals surface area contributed by atoms with Crippen molar-refractivity contribution < 1.29 is 13.5 Å². The third-order valence-corrected chi connectivity index (χ3v) is 6.32. The smallest absolute Gasteiger partial charge is 0.123 e. The Kier molecular flexibility index (Phi) is 8.59. The van der Waals surface area contributed by atoms with Gasteiger partial charge in [-0.2, -0.15) is 0 Å². The van der Waals surface area contributed by atoms with Gasteiger partial charge in [-0.3, -0.25) is 4.90 Å². The molecule has 1 atom stereocenters. The molecule has 3 aromatic rings. The molecule has 1 saturated heterocycles. The molecule has 3 aromatic carbocycles. The van der Waals surface area contributed by atoms with Gasteiger partial charge in [-0.15, -0.1) is 0 Å². The lowest BCUT2D eigenvalue weighted by Crippen LogP contribution is -2.40. The molecule has 1 N–H and O–H groups in total. The number of hydrogen-bond acceptors (Lipinski definition) is 3. The lowest BCUT2D eigenvalue weighted by atomic mass is 10.0. The van der Waals surface area contributed by atoms with E-state index < -0.39 is 0 Å². The molecular formula is C28H32F2N2O. The molecule has 174 valence electrons. The Morgan fingerprint density at radius 1 is 0.879 bits per heavy atom. The van der Waals surface area contributed by atoms with Crippen LogP contribution >= 0.6 is 0 Å². The van der Waals surface area contributed by atoms with Crippen LogP contribution in [0.5, 0.6) is 0 Å². The zero-order valence-corrected chi connectivity index (χ0v) is 18.9. The molecule has 0 spiro atoms. The zero-order chi connectivity index (χ0) is 22.9. The molecule has 1 aliphatic rings. The van der Waals surface area contributed by atoms with Crippen molar-refractivity contribution in [1.29, 1.82) is 0 Å². The Labute approximate surface area is 195 Å². The Morgan fingerprint density at radius 2 is 1.52 bits per heavy atom. The van der Waals surface area contributed by atoms with Crippen molar-refractivity contribution in [2.45, 2.75) is 31.4 Å².